The third kappa shape index (κ3) is 5.10. The Bertz CT molecular complexity index is 1390. The minimum Gasteiger partial charge on any atom is -0.497 e. The number of aliphatic carboxylic acids is 1. The summed E-state index contributed by atoms with van der Waals surface area (Å²) in [5.41, 5.74) is 0.787. The van der Waals surface area contributed by atoms with Gasteiger partial charge in [0.05, 0.1) is 29.3 Å². The van der Waals surface area contributed by atoms with E-state index in [4.69, 9.17) is 19.3 Å². The van der Waals surface area contributed by atoms with E-state index in [0.717, 1.165) is 11.6 Å². The zero-order valence-electron chi connectivity index (χ0n) is 19.8. The molecule has 0 saturated carbocycles. The zero-order valence-corrected chi connectivity index (χ0v) is 19.8. The average molecular weight is 499 g/mol. The number of ether oxygens (including phenoxy) is 3. The van der Waals surface area contributed by atoms with Gasteiger partial charge < -0.3 is 23.9 Å². The minimum atomic E-state index is -4.59. The van der Waals surface area contributed by atoms with Crippen LogP contribution in [0.15, 0.2) is 66.7 Å². The molecule has 0 radical (unpaired) electrons. The Morgan fingerprint density at radius 3 is 2.31 bits per heavy atom. The van der Waals surface area contributed by atoms with E-state index < -0.39 is 23.8 Å². The number of alkyl halides is 3. The van der Waals surface area contributed by atoms with Gasteiger partial charge in [0.25, 0.3) is 0 Å². The topological polar surface area (TPSA) is 69.9 Å². The van der Waals surface area contributed by atoms with Crippen LogP contribution in [0.2, 0.25) is 0 Å². The van der Waals surface area contributed by atoms with Crippen molar-refractivity contribution in [3.8, 4) is 23.0 Å². The fourth-order valence-corrected chi connectivity index (χ4v) is 3.97. The van der Waals surface area contributed by atoms with E-state index in [1.807, 2.05) is 0 Å². The van der Waals surface area contributed by atoms with Crippen LogP contribution in [0.4, 0.5) is 13.2 Å². The second kappa shape index (κ2) is 9.85. The fraction of sp³-hybridized carbons (Fsp3) is 0.222. The molecule has 9 heteroatoms. The number of aromatic nitrogens is 1. The molecule has 0 spiro atoms. The number of fused-ring (bicyclic) bond motifs is 1. The van der Waals surface area contributed by atoms with Gasteiger partial charge >= 0.3 is 12.1 Å². The summed E-state index contributed by atoms with van der Waals surface area (Å²) in [6.07, 6.45) is -5.63. The molecule has 0 aliphatic heterocycles. The number of hydrogen-bond donors (Lipinski definition) is 1. The van der Waals surface area contributed by atoms with Gasteiger partial charge in [0.2, 0.25) is 0 Å². The summed E-state index contributed by atoms with van der Waals surface area (Å²) in [7, 11) is 1.52. The number of benzene rings is 3. The molecule has 1 aromatic heterocycles. The first-order valence-electron chi connectivity index (χ1n) is 11.1. The van der Waals surface area contributed by atoms with Crippen LogP contribution in [-0.4, -0.2) is 28.9 Å². The minimum absolute atomic E-state index is 0.0368. The van der Waals surface area contributed by atoms with Crippen molar-refractivity contribution >= 4 is 16.9 Å². The van der Waals surface area contributed by atoms with Crippen molar-refractivity contribution in [1.82, 2.24) is 4.57 Å². The van der Waals surface area contributed by atoms with Crippen molar-refractivity contribution < 1.29 is 37.3 Å². The second-order valence-corrected chi connectivity index (χ2v) is 8.22. The molecule has 1 heterocycles. The Labute approximate surface area is 205 Å². The van der Waals surface area contributed by atoms with Crippen LogP contribution in [0, 0.1) is 6.92 Å². The molecule has 0 amide bonds. The molecule has 0 fully saturated rings. The summed E-state index contributed by atoms with van der Waals surface area (Å²) >= 11 is 0. The molecule has 36 heavy (non-hydrogen) atoms. The van der Waals surface area contributed by atoms with Gasteiger partial charge in [-0.15, -0.1) is 0 Å². The Balaban J connectivity index is 1.80. The van der Waals surface area contributed by atoms with Crippen LogP contribution < -0.4 is 14.2 Å². The number of carbonyl (C=O) groups is 1. The lowest BCUT2D eigenvalue weighted by Gasteiger charge is -2.13. The van der Waals surface area contributed by atoms with Gasteiger partial charge in [-0.1, -0.05) is 18.2 Å². The number of hydrogen-bond acceptors (Lipinski definition) is 4. The van der Waals surface area contributed by atoms with Gasteiger partial charge in [-0.2, -0.15) is 13.2 Å². The third-order valence-electron chi connectivity index (χ3n) is 5.78. The largest absolute Gasteiger partial charge is 0.497 e. The second-order valence-electron chi connectivity index (χ2n) is 8.22. The number of methoxy groups -OCH3 is 1. The maximum atomic E-state index is 14.0. The molecule has 0 saturated heterocycles. The van der Waals surface area contributed by atoms with Gasteiger partial charge in [0, 0.05) is 6.54 Å². The fourth-order valence-electron chi connectivity index (χ4n) is 3.97. The number of rotatable bonds is 8. The molecule has 1 N–H and O–H groups in total. The van der Waals surface area contributed by atoms with Crippen LogP contribution in [0.1, 0.15) is 23.7 Å². The molecule has 4 aromatic rings. The van der Waals surface area contributed by atoms with Crippen molar-refractivity contribution in [2.24, 2.45) is 0 Å². The molecule has 188 valence electrons. The Morgan fingerprint density at radius 1 is 1.00 bits per heavy atom. The number of nitrogens with zero attached hydrogens (tertiary/aromatic N) is 1. The van der Waals surface area contributed by atoms with E-state index >= 15 is 0 Å². The maximum absolute atomic E-state index is 14.0. The zero-order chi connectivity index (χ0) is 26.0. The van der Waals surface area contributed by atoms with Gasteiger partial charge in [0.1, 0.15) is 17.2 Å². The van der Waals surface area contributed by atoms with E-state index in [1.54, 1.807) is 66.1 Å². The molecule has 4 rings (SSSR count). The lowest BCUT2D eigenvalue weighted by Crippen LogP contribution is -2.22. The van der Waals surface area contributed by atoms with E-state index in [0.29, 0.717) is 28.5 Å². The van der Waals surface area contributed by atoms with Gasteiger partial charge in [-0.3, -0.25) is 0 Å². The number of halogens is 3. The van der Waals surface area contributed by atoms with Crippen molar-refractivity contribution in [2.45, 2.75) is 32.7 Å². The van der Waals surface area contributed by atoms with E-state index in [1.165, 1.54) is 20.1 Å². The normalized spacial score (nSPS) is 12.4. The predicted molar refractivity (Wildman–Crippen MR) is 128 cm³/mol. The Kier molecular flexibility index (Phi) is 6.83. The Hall–Kier alpha value is -4.14. The lowest BCUT2D eigenvalue weighted by atomic mass is 10.1. The smallest absolute Gasteiger partial charge is 0.417 e. The van der Waals surface area contributed by atoms with Crippen molar-refractivity contribution in [3.05, 3.63) is 83.6 Å². The standard InChI is InChI=1S/C27H24F3NO5/c1-16-25(36-20-12-10-19(34-3)11-13-20)24-22(27(28,29)30)8-5-9-23(24)31(16)15-18-6-4-7-21(14-18)35-17(2)26(32)33/h4-14,17H,15H2,1-3H3,(H,32,33)/t17-/m1/s1. The van der Waals surface area contributed by atoms with Gasteiger partial charge in [-0.05, 0) is 67.9 Å². The van der Waals surface area contributed by atoms with E-state index in [2.05, 4.69) is 0 Å². The van der Waals surface area contributed by atoms with Gasteiger partial charge in [0.15, 0.2) is 11.9 Å². The van der Waals surface area contributed by atoms with Crippen LogP contribution in [0.3, 0.4) is 0 Å². The van der Waals surface area contributed by atoms with Crippen LogP contribution in [0.25, 0.3) is 10.9 Å². The molecular weight excluding hydrogens is 475 g/mol. The van der Waals surface area contributed by atoms with E-state index in [9.17, 15) is 18.0 Å². The summed E-state index contributed by atoms with van der Waals surface area (Å²) < 4.78 is 60.3. The van der Waals surface area contributed by atoms with Crippen molar-refractivity contribution in [1.29, 1.82) is 0 Å². The highest BCUT2D eigenvalue weighted by atomic mass is 19.4. The molecule has 0 aliphatic rings. The first-order chi connectivity index (χ1) is 17.1. The monoisotopic (exact) mass is 499 g/mol. The first kappa shape index (κ1) is 25.0. The van der Waals surface area contributed by atoms with Gasteiger partial charge in [-0.25, -0.2) is 4.79 Å². The SMILES string of the molecule is COc1ccc(Oc2c(C)n(Cc3cccc(O[C@H](C)C(=O)O)c3)c3cccc(C(F)(F)F)c23)cc1. The van der Waals surface area contributed by atoms with Crippen molar-refractivity contribution in [3.63, 3.8) is 0 Å². The summed E-state index contributed by atoms with van der Waals surface area (Å²) in [5, 5.41) is 9.07. The van der Waals surface area contributed by atoms with Crippen LogP contribution in [-0.2, 0) is 17.5 Å². The van der Waals surface area contributed by atoms with Crippen LogP contribution >= 0.6 is 0 Å². The maximum Gasteiger partial charge on any atom is 0.417 e. The van der Waals surface area contributed by atoms with E-state index in [-0.39, 0.29) is 17.7 Å². The molecule has 1 atom stereocenters. The highest BCUT2D eigenvalue weighted by Crippen LogP contribution is 2.44. The highest BCUT2D eigenvalue weighted by molar-refractivity contribution is 5.92. The number of carboxylic acid groups (broad SMARTS) is 1. The van der Waals surface area contributed by atoms with Crippen molar-refractivity contribution in [2.75, 3.05) is 7.11 Å². The Morgan fingerprint density at radius 2 is 1.67 bits per heavy atom. The first-order valence-corrected chi connectivity index (χ1v) is 11.1. The highest BCUT2D eigenvalue weighted by Gasteiger charge is 2.35. The molecule has 3 aromatic carbocycles. The number of carboxylic acids is 1. The summed E-state index contributed by atoms with van der Waals surface area (Å²) in [6, 6.07) is 17.4. The quantitative estimate of drug-likeness (QED) is 0.293. The van der Waals surface area contributed by atoms with Crippen LogP contribution in [0.5, 0.6) is 23.0 Å². The molecule has 0 aliphatic carbocycles. The summed E-state index contributed by atoms with van der Waals surface area (Å²) in [5.74, 6) is 0.314. The molecule has 6 nitrogen and oxygen atoms in total. The molecule has 0 bridgehead atoms. The summed E-state index contributed by atoms with van der Waals surface area (Å²) in [4.78, 5) is 11.1. The predicted octanol–water partition coefficient (Wildman–Crippen LogP) is 6.67. The molecular formula is C27H24F3NO5. The molecule has 0 unspecified atom stereocenters. The lowest BCUT2D eigenvalue weighted by molar-refractivity contribution is -0.144. The third-order valence-corrected chi connectivity index (χ3v) is 5.78. The average Bonchev–Trinajstić information content (AvgIpc) is 3.10. The summed E-state index contributed by atoms with van der Waals surface area (Å²) in [6.45, 7) is 3.33.